The minimum Gasteiger partial charge on any atom is -0.375 e. The number of nitrogens with one attached hydrogen (secondary N) is 1. The smallest absolute Gasteiger partial charge is 0.274 e. The molecule has 0 bridgehead atoms. The fraction of sp³-hybridized carbons (Fsp3) is 0.789. The number of ether oxygens (including phenoxy) is 1. The Kier molecular flexibility index (Phi) is 9.02. The van der Waals surface area contributed by atoms with Crippen molar-refractivity contribution in [3.8, 4) is 0 Å². The summed E-state index contributed by atoms with van der Waals surface area (Å²) in [5.41, 5.74) is 0.555. The van der Waals surface area contributed by atoms with Crippen LogP contribution in [-0.2, 0) is 4.74 Å². The van der Waals surface area contributed by atoms with E-state index in [0.29, 0.717) is 18.3 Å². The van der Waals surface area contributed by atoms with E-state index in [1.165, 1.54) is 0 Å². The molecule has 2 aliphatic rings. The van der Waals surface area contributed by atoms with E-state index in [9.17, 15) is 4.79 Å². The van der Waals surface area contributed by atoms with Crippen molar-refractivity contribution in [1.29, 1.82) is 0 Å². The molecule has 1 N–H and O–H groups in total. The largest absolute Gasteiger partial charge is 0.375 e. The Labute approximate surface area is 168 Å². The molecule has 3 rings (SSSR count). The molecule has 0 aromatic carbocycles. The third kappa shape index (κ3) is 5.91. The van der Waals surface area contributed by atoms with Gasteiger partial charge >= 0.3 is 0 Å². The number of aromatic nitrogens is 2. The molecule has 2 saturated heterocycles. The second kappa shape index (κ2) is 11.0. The summed E-state index contributed by atoms with van der Waals surface area (Å²) in [6, 6.07) is 2.21. The first-order chi connectivity index (χ1) is 12.7. The maximum absolute atomic E-state index is 12.7. The van der Waals surface area contributed by atoms with E-state index in [1.807, 2.05) is 21.8 Å². The van der Waals surface area contributed by atoms with Gasteiger partial charge in [0.1, 0.15) is 5.69 Å². The molecule has 1 aromatic heterocycles. The summed E-state index contributed by atoms with van der Waals surface area (Å²) in [6.45, 7) is 11.6. The van der Waals surface area contributed by atoms with Crippen molar-refractivity contribution in [2.45, 2.75) is 45.3 Å². The van der Waals surface area contributed by atoms with Crippen LogP contribution in [0.15, 0.2) is 12.3 Å². The van der Waals surface area contributed by atoms with Gasteiger partial charge in [-0.1, -0.05) is 13.8 Å². The zero-order valence-corrected chi connectivity index (χ0v) is 17.4. The van der Waals surface area contributed by atoms with Gasteiger partial charge in [-0.2, -0.15) is 5.10 Å². The number of carbonyl (C=O) groups is 1. The van der Waals surface area contributed by atoms with Crippen molar-refractivity contribution in [3.05, 3.63) is 18.0 Å². The molecule has 1 amide bonds. The average Bonchev–Trinajstić information content (AvgIpc) is 3.35. The summed E-state index contributed by atoms with van der Waals surface area (Å²) in [4.78, 5) is 17.0. The second-order valence-electron chi connectivity index (χ2n) is 7.24. The van der Waals surface area contributed by atoms with E-state index in [0.717, 1.165) is 65.1 Å². The maximum Gasteiger partial charge on any atom is 0.274 e. The highest BCUT2D eigenvalue weighted by Crippen LogP contribution is 2.18. The van der Waals surface area contributed by atoms with Crippen LogP contribution in [0, 0.1) is 0 Å². The van der Waals surface area contributed by atoms with Gasteiger partial charge in [0.2, 0.25) is 0 Å². The zero-order valence-electron chi connectivity index (χ0n) is 16.6. The number of likely N-dealkylation sites (N-methyl/N-ethyl adjacent to an activating group) is 1. The lowest BCUT2D eigenvalue weighted by molar-refractivity contribution is 0.0419. The molecule has 0 radical (unpaired) electrons. The first-order valence-electron chi connectivity index (χ1n) is 10.1. The Morgan fingerprint density at radius 2 is 2.19 bits per heavy atom. The van der Waals surface area contributed by atoms with Crippen LogP contribution >= 0.6 is 12.4 Å². The number of carbonyl (C=O) groups excluding carboxylic acids is 1. The van der Waals surface area contributed by atoms with Crippen LogP contribution in [0.4, 0.5) is 0 Å². The van der Waals surface area contributed by atoms with Crippen LogP contribution in [0.3, 0.4) is 0 Å². The van der Waals surface area contributed by atoms with E-state index < -0.39 is 0 Å². The summed E-state index contributed by atoms with van der Waals surface area (Å²) in [5.74, 6) is 0.0300. The Bertz CT molecular complexity index is 572. The van der Waals surface area contributed by atoms with Crippen molar-refractivity contribution in [2.75, 3.05) is 52.4 Å². The van der Waals surface area contributed by atoms with Gasteiger partial charge in [0, 0.05) is 32.4 Å². The topological polar surface area (TPSA) is 62.6 Å². The van der Waals surface area contributed by atoms with Crippen LogP contribution in [0.2, 0.25) is 0 Å². The number of piperidine rings is 1. The van der Waals surface area contributed by atoms with Gasteiger partial charge in [-0.25, -0.2) is 0 Å². The normalized spacial score (nSPS) is 22.9. The molecule has 2 aliphatic heterocycles. The van der Waals surface area contributed by atoms with Crippen LogP contribution in [0.1, 0.15) is 49.6 Å². The standard InChI is InChI=1S/C19H33N5O2.ClH/c1-3-22(4-2)12-13-26-17-7-10-23(15-17)19(25)18-8-11-24(21-18)16-6-5-9-20-14-16;/h8,11,16-17,20H,3-7,9-10,12-15H2,1-2H3;1H. The van der Waals surface area contributed by atoms with E-state index in [4.69, 9.17) is 4.74 Å². The highest BCUT2D eigenvalue weighted by molar-refractivity contribution is 5.92. The molecule has 0 saturated carbocycles. The van der Waals surface area contributed by atoms with Gasteiger partial charge < -0.3 is 19.9 Å². The van der Waals surface area contributed by atoms with Gasteiger partial charge in [0.15, 0.2) is 0 Å². The zero-order chi connectivity index (χ0) is 18.4. The van der Waals surface area contributed by atoms with E-state index in [1.54, 1.807) is 0 Å². The molecule has 27 heavy (non-hydrogen) atoms. The average molecular weight is 400 g/mol. The van der Waals surface area contributed by atoms with Gasteiger partial charge in [-0.15, -0.1) is 12.4 Å². The summed E-state index contributed by atoms with van der Waals surface area (Å²) in [7, 11) is 0. The van der Waals surface area contributed by atoms with Gasteiger partial charge in [-0.05, 0) is 45.0 Å². The molecule has 2 fully saturated rings. The summed E-state index contributed by atoms with van der Waals surface area (Å²) in [5, 5.41) is 7.94. The molecule has 2 unspecified atom stereocenters. The molecular formula is C19H34ClN5O2. The first kappa shape index (κ1) is 22.1. The van der Waals surface area contributed by atoms with Crippen molar-refractivity contribution >= 4 is 18.3 Å². The molecule has 1 aromatic rings. The van der Waals surface area contributed by atoms with Crippen LogP contribution in [-0.4, -0.2) is 84.0 Å². The third-order valence-electron chi connectivity index (χ3n) is 5.56. The minimum absolute atomic E-state index is 0. The molecule has 0 spiro atoms. The molecule has 2 atom stereocenters. The number of halogens is 1. The quantitative estimate of drug-likeness (QED) is 0.722. The van der Waals surface area contributed by atoms with Crippen molar-refractivity contribution in [2.24, 2.45) is 0 Å². The molecular weight excluding hydrogens is 366 g/mol. The van der Waals surface area contributed by atoms with E-state index in [2.05, 4.69) is 29.2 Å². The summed E-state index contributed by atoms with van der Waals surface area (Å²) in [6.07, 6.45) is 5.29. The van der Waals surface area contributed by atoms with Crippen LogP contribution < -0.4 is 5.32 Å². The maximum atomic E-state index is 12.7. The van der Waals surface area contributed by atoms with Crippen molar-refractivity contribution < 1.29 is 9.53 Å². The van der Waals surface area contributed by atoms with Gasteiger partial charge in [0.05, 0.1) is 18.8 Å². The fourth-order valence-electron chi connectivity index (χ4n) is 3.81. The van der Waals surface area contributed by atoms with E-state index >= 15 is 0 Å². The SMILES string of the molecule is CCN(CC)CCOC1CCN(C(=O)c2ccn(C3CCCNC3)n2)C1.Cl. The Hall–Kier alpha value is -1.15. The fourth-order valence-corrected chi connectivity index (χ4v) is 3.81. The third-order valence-corrected chi connectivity index (χ3v) is 5.56. The molecule has 0 aliphatic carbocycles. The number of hydrogen-bond donors (Lipinski definition) is 1. The lowest BCUT2D eigenvalue weighted by Gasteiger charge is -2.23. The predicted molar refractivity (Wildman–Crippen MR) is 109 cm³/mol. The number of rotatable bonds is 8. The lowest BCUT2D eigenvalue weighted by atomic mass is 10.1. The number of amides is 1. The monoisotopic (exact) mass is 399 g/mol. The first-order valence-corrected chi connectivity index (χ1v) is 10.1. The highest BCUT2D eigenvalue weighted by atomic mass is 35.5. The van der Waals surface area contributed by atoms with Crippen LogP contribution in [0.5, 0.6) is 0 Å². The number of likely N-dealkylation sites (tertiary alicyclic amines) is 1. The minimum atomic E-state index is 0. The molecule has 3 heterocycles. The lowest BCUT2D eigenvalue weighted by Crippen LogP contribution is -2.33. The molecule has 7 nitrogen and oxygen atoms in total. The summed E-state index contributed by atoms with van der Waals surface area (Å²) < 4.78 is 7.94. The number of hydrogen-bond acceptors (Lipinski definition) is 5. The van der Waals surface area contributed by atoms with E-state index in [-0.39, 0.29) is 24.4 Å². The van der Waals surface area contributed by atoms with Crippen LogP contribution in [0.25, 0.3) is 0 Å². The predicted octanol–water partition coefficient (Wildman–Crippen LogP) is 1.80. The number of nitrogens with zero attached hydrogens (tertiary/aromatic N) is 4. The van der Waals surface area contributed by atoms with Crippen molar-refractivity contribution in [1.82, 2.24) is 24.9 Å². The molecule has 154 valence electrons. The Morgan fingerprint density at radius 3 is 2.89 bits per heavy atom. The Morgan fingerprint density at radius 1 is 1.37 bits per heavy atom. The second-order valence-corrected chi connectivity index (χ2v) is 7.24. The molecule has 8 heteroatoms. The summed E-state index contributed by atoms with van der Waals surface area (Å²) >= 11 is 0. The highest BCUT2D eigenvalue weighted by Gasteiger charge is 2.29. The van der Waals surface area contributed by atoms with Crippen molar-refractivity contribution in [3.63, 3.8) is 0 Å². The van der Waals surface area contributed by atoms with Gasteiger partial charge in [0.25, 0.3) is 5.91 Å². The van der Waals surface area contributed by atoms with Gasteiger partial charge in [-0.3, -0.25) is 9.48 Å². The Balaban J connectivity index is 0.00000261.